The van der Waals surface area contributed by atoms with Crippen molar-refractivity contribution in [3.05, 3.63) is 81.5 Å². The third-order valence-electron chi connectivity index (χ3n) is 3.35. The first-order chi connectivity index (χ1) is 12.5. The Morgan fingerprint density at radius 1 is 1.23 bits per heavy atom. The number of aromatic hydroxyl groups is 1. The number of hydrogen-bond donors (Lipinski definition) is 1. The molecule has 0 saturated carbocycles. The Balaban J connectivity index is 1.86. The molecule has 1 N–H and O–H groups in total. The lowest BCUT2D eigenvalue weighted by Gasteiger charge is -2.09. The van der Waals surface area contributed by atoms with E-state index in [0.717, 1.165) is 0 Å². The van der Waals surface area contributed by atoms with Crippen molar-refractivity contribution < 1.29 is 14.6 Å². The van der Waals surface area contributed by atoms with E-state index in [9.17, 15) is 9.90 Å². The molecule has 1 heterocycles. The van der Waals surface area contributed by atoms with E-state index in [1.807, 2.05) is 0 Å². The first-order valence-electron chi connectivity index (χ1n) is 7.47. The molecule has 1 aromatic heterocycles. The first kappa shape index (κ1) is 18.1. The van der Waals surface area contributed by atoms with Crippen LogP contribution in [0.1, 0.15) is 15.9 Å². The predicted molar refractivity (Wildman–Crippen MR) is 104 cm³/mol. The number of ether oxygens (including phenoxy) is 1. The highest BCUT2D eigenvalue weighted by atomic mass is 79.9. The van der Waals surface area contributed by atoms with Crippen LogP contribution in [0, 0.1) is 0 Å². The number of halogens is 2. The minimum absolute atomic E-state index is 0.0192. The van der Waals surface area contributed by atoms with Crippen molar-refractivity contribution in [3.63, 3.8) is 0 Å². The molecule has 7 heteroatoms. The maximum absolute atomic E-state index is 12.2. The van der Waals surface area contributed by atoms with Gasteiger partial charge in [0.25, 0.3) is 0 Å². The van der Waals surface area contributed by atoms with Gasteiger partial charge in [0, 0.05) is 33.7 Å². The molecule has 0 fully saturated rings. The number of nitrogens with zero attached hydrogens (tertiary/aromatic N) is 2. The number of esters is 1. The van der Waals surface area contributed by atoms with Crippen LogP contribution in [-0.2, 0) is 0 Å². The lowest BCUT2D eigenvalue weighted by atomic mass is 10.2. The quantitative estimate of drug-likeness (QED) is 0.351. The molecule has 130 valence electrons. The van der Waals surface area contributed by atoms with E-state index >= 15 is 0 Å². The molecule has 5 nitrogen and oxygen atoms in total. The number of phenolic OH excluding ortho intramolecular Hbond substituents is 1. The number of aliphatic imine (C=N–C) groups is 1. The fraction of sp³-hybridized carbons (Fsp3) is 0. The normalized spacial score (nSPS) is 10.8. The molecule has 0 amide bonds. The standard InChI is InChI=1S/C19H12BrClN2O3/c20-14-8-13(11-23-16-5-3-15(21)4-6-16)18(24)17(9-14)26-19(25)12-2-1-7-22-10-12/h1-11,24H. The fourth-order valence-corrected chi connectivity index (χ4v) is 2.66. The van der Waals surface area contributed by atoms with Crippen LogP contribution in [0.25, 0.3) is 0 Å². The van der Waals surface area contributed by atoms with E-state index in [1.54, 1.807) is 48.7 Å². The second-order valence-corrected chi connectivity index (χ2v) is 6.56. The monoisotopic (exact) mass is 430 g/mol. The molecule has 0 aliphatic carbocycles. The maximum Gasteiger partial charge on any atom is 0.345 e. The lowest BCUT2D eigenvalue weighted by Crippen LogP contribution is -2.09. The summed E-state index contributed by atoms with van der Waals surface area (Å²) in [4.78, 5) is 20.3. The molecule has 0 aliphatic rings. The first-order valence-corrected chi connectivity index (χ1v) is 8.64. The summed E-state index contributed by atoms with van der Waals surface area (Å²) in [7, 11) is 0. The maximum atomic E-state index is 12.2. The van der Waals surface area contributed by atoms with E-state index in [-0.39, 0.29) is 17.1 Å². The zero-order valence-electron chi connectivity index (χ0n) is 13.3. The second kappa shape index (κ2) is 8.12. The van der Waals surface area contributed by atoms with Gasteiger partial charge in [0.2, 0.25) is 0 Å². The van der Waals surface area contributed by atoms with Crippen LogP contribution in [0.15, 0.2) is 70.4 Å². The van der Waals surface area contributed by atoms with Crippen LogP contribution < -0.4 is 4.74 Å². The predicted octanol–water partition coefficient (Wildman–Crippen LogP) is 5.17. The smallest absolute Gasteiger partial charge is 0.345 e. The van der Waals surface area contributed by atoms with Crippen molar-refractivity contribution in [2.45, 2.75) is 0 Å². The van der Waals surface area contributed by atoms with Gasteiger partial charge >= 0.3 is 5.97 Å². The SMILES string of the molecule is O=C(Oc1cc(Br)cc(C=Nc2ccc(Cl)cc2)c1O)c1cccnc1. The van der Waals surface area contributed by atoms with Crippen molar-refractivity contribution >= 4 is 45.4 Å². The summed E-state index contributed by atoms with van der Waals surface area (Å²) in [6, 6.07) is 13.3. The lowest BCUT2D eigenvalue weighted by molar-refractivity contribution is 0.0729. The summed E-state index contributed by atoms with van der Waals surface area (Å²) in [5.41, 5.74) is 1.34. The van der Waals surface area contributed by atoms with E-state index in [2.05, 4.69) is 25.9 Å². The number of aromatic nitrogens is 1. The molecule has 26 heavy (non-hydrogen) atoms. The van der Waals surface area contributed by atoms with Crippen LogP contribution in [0.5, 0.6) is 11.5 Å². The summed E-state index contributed by atoms with van der Waals surface area (Å²) < 4.78 is 5.91. The second-order valence-electron chi connectivity index (χ2n) is 5.21. The number of phenols is 1. The highest BCUT2D eigenvalue weighted by molar-refractivity contribution is 9.10. The van der Waals surface area contributed by atoms with Gasteiger partial charge in [-0.15, -0.1) is 0 Å². The summed E-state index contributed by atoms with van der Waals surface area (Å²) >= 11 is 9.18. The minimum atomic E-state index is -0.618. The van der Waals surface area contributed by atoms with E-state index in [0.29, 0.717) is 20.7 Å². The molecule has 0 bridgehead atoms. The summed E-state index contributed by atoms with van der Waals surface area (Å²) in [5, 5.41) is 11.0. The van der Waals surface area contributed by atoms with E-state index in [4.69, 9.17) is 16.3 Å². The van der Waals surface area contributed by atoms with Crippen molar-refractivity contribution in [2.75, 3.05) is 0 Å². The largest absolute Gasteiger partial charge is 0.504 e. The third-order valence-corrected chi connectivity index (χ3v) is 4.06. The number of carbonyl (C=O) groups excluding carboxylic acids is 1. The zero-order valence-corrected chi connectivity index (χ0v) is 15.6. The van der Waals surface area contributed by atoms with Crippen molar-refractivity contribution in [3.8, 4) is 11.5 Å². The Hall–Kier alpha value is -2.70. The number of benzene rings is 2. The van der Waals surface area contributed by atoms with Gasteiger partial charge in [-0.1, -0.05) is 27.5 Å². The van der Waals surface area contributed by atoms with Gasteiger partial charge in [0.15, 0.2) is 11.5 Å². The molecule has 2 aromatic carbocycles. The zero-order chi connectivity index (χ0) is 18.5. The molecule has 0 unspecified atom stereocenters. The highest BCUT2D eigenvalue weighted by Crippen LogP contribution is 2.34. The molecule has 3 rings (SSSR count). The summed E-state index contributed by atoms with van der Waals surface area (Å²) in [6.07, 6.45) is 4.42. The van der Waals surface area contributed by atoms with Gasteiger partial charge in [0.05, 0.1) is 11.3 Å². The van der Waals surface area contributed by atoms with Crippen molar-refractivity contribution in [2.24, 2.45) is 4.99 Å². The summed E-state index contributed by atoms with van der Waals surface area (Å²) in [5.74, 6) is -0.791. The van der Waals surface area contributed by atoms with E-state index in [1.165, 1.54) is 18.5 Å². The molecule has 0 aliphatic heterocycles. The van der Waals surface area contributed by atoms with Gasteiger partial charge in [0.1, 0.15) is 0 Å². The average Bonchev–Trinajstić information content (AvgIpc) is 2.65. The van der Waals surface area contributed by atoms with Crippen LogP contribution >= 0.6 is 27.5 Å². The number of rotatable bonds is 4. The van der Waals surface area contributed by atoms with Crippen molar-refractivity contribution in [1.82, 2.24) is 4.98 Å². The van der Waals surface area contributed by atoms with Gasteiger partial charge in [-0.3, -0.25) is 9.98 Å². The molecular weight excluding hydrogens is 420 g/mol. The van der Waals surface area contributed by atoms with Gasteiger partial charge in [-0.25, -0.2) is 4.79 Å². The minimum Gasteiger partial charge on any atom is -0.504 e. The van der Waals surface area contributed by atoms with Gasteiger partial charge < -0.3 is 9.84 Å². The topological polar surface area (TPSA) is 71.8 Å². The Kier molecular flexibility index (Phi) is 5.65. The Labute approximate surface area is 163 Å². The Bertz CT molecular complexity index is 961. The average molecular weight is 432 g/mol. The number of pyridine rings is 1. The van der Waals surface area contributed by atoms with Crippen molar-refractivity contribution in [1.29, 1.82) is 0 Å². The van der Waals surface area contributed by atoms with Gasteiger partial charge in [-0.05, 0) is 48.5 Å². The van der Waals surface area contributed by atoms with Crippen LogP contribution in [0.3, 0.4) is 0 Å². The molecule has 3 aromatic rings. The third kappa shape index (κ3) is 4.47. The number of carbonyl (C=O) groups is 1. The molecule has 0 saturated heterocycles. The number of hydrogen-bond acceptors (Lipinski definition) is 5. The molecule has 0 atom stereocenters. The molecule has 0 radical (unpaired) electrons. The van der Waals surface area contributed by atoms with Gasteiger partial charge in [-0.2, -0.15) is 0 Å². The fourth-order valence-electron chi connectivity index (χ4n) is 2.08. The van der Waals surface area contributed by atoms with Crippen LogP contribution in [0.4, 0.5) is 5.69 Å². The Morgan fingerprint density at radius 2 is 2.00 bits per heavy atom. The highest BCUT2D eigenvalue weighted by Gasteiger charge is 2.15. The van der Waals surface area contributed by atoms with Crippen LogP contribution in [0.2, 0.25) is 5.02 Å². The molecular formula is C19H12BrClN2O3. The Morgan fingerprint density at radius 3 is 2.69 bits per heavy atom. The summed E-state index contributed by atoms with van der Waals surface area (Å²) in [6.45, 7) is 0. The molecule has 0 spiro atoms. The van der Waals surface area contributed by atoms with E-state index < -0.39 is 5.97 Å². The van der Waals surface area contributed by atoms with Crippen LogP contribution in [-0.4, -0.2) is 22.3 Å².